The molecule has 8 rings (SSSR count). The zero-order valence-corrected chi connectivity index (χ0v) is 28.6. The van der Waals surface area contributed by atoms with Crippen molar-refractivity contribution < 1.29 is 48.2 Å². The number of nitrogens with one attached hydrogen (secondary N) is 3. The first-order chi connectivity index (χ1) is 25.2. The van der Waals surface area contributed by atoms with E-state index in [1.165, 1.54) is 12.1 Å². The third-order valence-corrected chi connectivity index (χ3v) is 8.94. The van der Waals surface area contributed by atoms with Gasteiger partial charge in [-0.3, -0.25) is 0 Å². The van der Waals surface area contributed by atoms with Crippen LogP contribution in [0.1, 0.15) is 11.4 Å². The van der Waals surface area contributed by atoms with Crippen molar-refractivity contribution in [2.75, 3.05) is 0 Å². The summed E-state index contributed by atoms with van der Waals surface area (Å²) < 4.78 is 79.0. The molecule has 256 valence electrons. The van der Waals surface area contributed by atoms with E-state index in [1.807, 2.05) is 82.5 Å². The Morgan fingerprint density at radius 3 is 1.30 bits per heavy atom. The fraction of sp³-hybridized carbons (Fsp3) is 0.0488. The monoisotopic (exact) mass is 751 g/mol. The summed E-state index contributed by atoms with van der Waals surface area (Å²) in [5.74, 6) is -5.17. The summed E-state index contributed by atoms with van der Waals surface area (Å²) in [7, 11) is 0. The van der Waals surface area contributed by atoms with Crippen LogP contribution in [0, 0.1) is 53.8 Å². The van der Waals surface area contributed by atoms with Crippen LogP contribution < -0.4 is 9.13 Å². The molecule has 53 heavy (non-hydrogen) atoms. The Morgan fingerprint density at radius 1 is 0.472 bits per heavy atom. The molecule has 0 amide bonds. The average molecular weight is 752 g/mol. The molecule has 7 aromatic rings. The van der Waals surface area contributed by atoms with Crippen molar-refractivity contribution in [1.82, 2.24) is 19.9 Å². The molecule has 0 atom stereocenters. The summed E-state index contributed by atoms with van der Waals surface area (Å²) in [6.07, 6.45) is 21.4. The van der Waals surface area contributed by atoms with Gasteiger partial charge in [-0.05, 0) is 71.5 Å². The Kier molecular flexibility index (Phi) is 9.19. The maximum absolute atomic E-state index is 15.7. The molecule has 0 spiro atoms. The van der Waals surface area contributed by atoms with Gasteiger partial charge in [-0.25, -0.2) is 26.9 Å². The van der Waals surface area contributed by atoms with E-state index in [1.54, 1.807) is 12.1 Å². The Labute approximate surface area is 309 Å². The molecule has 0 radical (unpaired) electrons. The van der Waals surface area contributed by atoms with Gasteiger partial charge in [0, 0.05) is 63.0 Å². The van der Waals surface area contributed by atoms with E-state index in [2.05, 4.69) is 26.8 Å². The quantitative estimate of drug-likeness (QED) is 0.0407. The van der Waals surface area contributed by atoms with Crippen molar-refractivity contribution in [3.05, 3.63) is 126 Å². The van der Waals surface area contributed by atoms with Gasteiger partial charge in [0.2, 0.25) is 18.9 Å². The van der Waals surface area contributed by atoms with Gasteiger partial charge in [0.25, 0.3) is 0 Å². The van der Waals surface area contributed by atoms with Crippen LogP contribution in [0.5, 0.6) is 0 Å². The third kappa shape index (κ3) is 6.04. The number of fused-ring (bicyclic) bond motifs is 9. The molecule has 6 aromatic heterocycles. The van der Waals surface area contributed by atoms with Gasteiger partial charge in [0.05, 0.1) is 28.0 Å². The maximum atomic E-state index is 15.7. The first-order valence-electron chi connectivity index (χ1n) is 16.0. The standard InChI is InChI=1S/C41H23F5N6.Mn/c1-3-17-51-19-13-23(14-20-51)33-27-7-5-25(47-27)26-6-8-28(48-26)34(24-15-21-52(18-4-2)22-16-24)30-10-12-32(50-30)35(31-11-9-29(33)49-31)36-37(42)39(44)41(46)40(45)38(36)43;/h1-2,5-16,19-22H,17-18H2,(H,49,50);/q;+3/p+2. The topological polar surface area (TPSA) is 68.0 Å². The number of rotatable bonds is 5. The molecule has 0 fully saturated rings. The number of terminal acetylenes is 2. The summed E-state index contributed by atoms with van der Waals surface area (Å²) in [6.45, 7) is 0.702. The summed E-state index contributed by atoms with van der Waals surface area (Å²) in [5.41, 5.74) is 5.10. The van der Waals surface area contributed by atoms with Gasteiger partial charge in [-0.15, -0.1) is 12.8 Å². The van der Waals surface area contributed by atoms with Crippen molar-refractivity contribution in [1.29, 1.82) is 0 Å². The van der Waals surface area contributed by atoms with Crippen LogP contribution in [0.15, 0.2) is 85.5 Å². The minimum atomic E-state index is -2.26. The summed E-state index contributed by atoms with van der Waals surface area (Å²) >= 11 is 0. The number of aromatic nitrogens is 6. The van der Waals surface area contributed by atoms with E-state index < -0.39 is 34.6 Å². The normalized spacial score (nSPS) is 11.4. The Balaban J connectivity index is 0.00000435. The second kappa shape index (κ2) is 13.9. The molecule has 3 N–H and O–H groups in total. The van der Waals surface area contributed by atoms with Crippen molar-refractivity contribution in [3.8, 4) is 58.1 Å². The van der Waals surface area contributed by atoms with Gasteiger partial charge in [0.15, 0.2) is 48.1 Å². The molecule has 0 unspecified atom stereocenters. The second-order valence-corrected chi connectivity index (χ2v) is 12.1. The molecule has 6 nitrogen and oxygen atoms in total. The number of aromatic amines is 3. The summed E-state index contributed by atoms with van der Waals surface area (Å²) in [5, 5.41) is 0. The van der Waals surface area contributed by atoms with Gasteiger partial charge < -0.3 is 15.0 Å². The van der Waals surface area contributed by atoms with Crippen LogP contribution in [0.25, 0.3) is 78.6 Å². The minimum Gasteiger partial charge on any atom is -0.354 e. The summed E-state index contributed by atoms with van der Waals surface area (Å²) in [6, 6.07) is 18.2. The smallest absolute Gasteiger partial charge is 0.354 e. The second-order valence-electron chi connectivity index (χ2n) is 12.1. The first kappa shape index (κ1) is 35.0. The summed E-state index contributed by atoms with van der Waals surface area (Å²) in [4.78, 5) is 14.9. The van der Waals surface area contributed by atoms with E-state index >= 15 is 8.78 Å². The Bertz CT molecular complexity index is 2790. The third-order valence-electron chi connectivity index (χ3n) is 8.94. The van der Waals surface area contributed by atoms with E-state index in [4.69, 9.17) is 17.8 Å². The molecule has 1 aliphatic rings. The van der Waals surface area contributed by atoms with Gasteiger partial charge in [0.1, 0.15) is 0 Å². The van der Waals surface area contributed by atoms with Gasteiger partial charge >= 0.3 is 17.1 Å². The molecular weight excluding hydrogens is 726 g/mol. The van der Waals surface area contributed by atoms with Gasteiger partial charge in [-0.2, -0.15) is 9.13 Å². The van der Waals surface area contributed by atoms with Crippen molar-refractivity contribution >= 4 is 45.3 Å². The molecule has 0 aliphatic carbocycles. The predicted octanol–water partition coefficient (Wildman–Crippen LogP) is 8.23. The minimum absolute atomic E-state index is 0. The number of halogens is 5. The number of H-pyrrole nitrogens is 3. The maximum Gasteiger partial charge on any atom is 3.00 e. The molecule has 0 saturated heterocycles. The van der Waals surface area contributed by atoms with Crippen molar-refractivity contribution in [3.63, 3.8) is 0 Å². The number of hydrogen-bond acceptors (Lipinski definition) is 1. The van der Waals surface area contributed by atoms with Crippen molar-refractivity contribution in [2.24, 2.45) is 0 Å². The largest absolute Gasteiger partial charge is 3.00 e. The number of hydrogen-bond donors (Lipinski definition) is 3. The van der Waals surface area contributed by atoms with E-state index in [-0.39, 0.29) is 33.8 Å². The molecule has 1 aliphatic heterocycles. The molecule has 12 heteroatoms. The zero-order chi connectivity index (χ0) is 36.1. The first-order valence-corrected chi connectivity index (χ1v) is 16.0. The van der Waals surface area contributed by atoms with E-state index in [0.717, 1.165) is 22.2 Å². The molecule has 1 aromatic carbocycles. The van der Waals surface area contributed by atoms with Crippen LogP contribution in [-0.4, -0.2) is 19.9 Å². The average Bonchev–Trinajstić information content (AvgIpc) is 3.99. The number of pyridine rings is 2. The fourth-order valence-electron chi connectivity index (χ4n) is 6.52. The van der Waals surface area contributed by atoms with Crippen LogP contribution >= 0.6 is 0 Å². The Hall–Kier alpha value is -6.46. The van der Waals surface area contributed by atoms with Crippen LogP contribution in [0.3, 0.4) is 0 Å². The van der Waals surface area contributed by atoms with Gasteiger partial charge in [-0.1, -0.05) is 0 Å². The Morgan fingerprint density at radius 2 is 0.830 bits per heavy atom. The van der Waals surface area contributed by atoms with Crippen LogP contribution in [0.2, 0.25) is 0 Å². The van der Waals surface area contributed by atoms with Crippen LogP contribution in [-0.2, 0) is 30.2 Å². The predicted molar refractivity (Wildman–Crippen MR) is 189 cm³/mol. The number of benzene rings is 1. The molecular formula is C41H25F5MnN6+5. The van der Waals surface area contributed by atoms with E-state index in [0.29, 0.717) is 46.5 Å². The zero-order valence-electron chi connectivity index (χ0n) is 27.4. The SMILES string of the molecule is C#CC[n+]1ccc(-c2c3nc(c(-c4c(F)c(F)c(F)c(F)c4F)c4ccc([nH]4)c(-c4cc[n+](CC#C)cc4)c4ccc([nH]4)c4ccc2[nH]4)C=C3)cc1.[Mn+3]. The van der Waals surface area contributed by atoms with Crippen molar-refractivity contribution in [2.45, 2.75) is 13.1 Å². The molecule has 0 saturated carbocycles. The van der Waals surface area contributed by atoms with Crippen LogP contribution in [0.4, 0.5) is 22.0 Å². The number of nitrogens with zero attached hydrogens (tertiary/aromatic N) is 3. The fourth-order valence-corrected chi connectivity index (χ4v) is 6.52. The molecule has 8 bridgehead atoms. The van der Waals surface area contributed by atoms with E-state index in [9.17, 15) is 13.2 Å². The molecule has 7 heterocycles.